The number of amides is 1. The summed E-state index contributed by atoms with van der Waals surface area (Å²) < 4.78 is 0. The summed E-state index contributed by atoms with van der Waals surface area (Å²) in [6, 6.07) is 6.13. The van der Waals surface area contributed by atoms with Gasteiger partial charge in [-0.25, -0.2) is 0 Å². The second kappa shape index (κ2) is 4.17. The number of nitro benzene ring substituents is 1. The van der Waals surface area contributed by atoms with Crippen LogP contribution in [0.25, 0.3) is 0 Å². The fourth-order valence-electron chi connectivity index (χ4n) is 1.60. The quantitative estimate of drug-likeness (QED) is 0.472. The highest BCUT2D eigenvalue weighted by molar-refractivity contribution is 6.45. The van der Waals surface area contributed by atoms with Crippen molar-refractivity contribution in [3.63, 3.8) is 0 Å². The van der Waals surface area contributed by atoms with Crippen molar-refractivity contribution in [2.24, 2.45) is 0 Å². The largest absolute Gasteiger partial charge is 0.325 e. The molecule has 1 amide bonds. The summed E-state index contributed by atoms with van der Waals surface area (Å²) >= 11 is 0. The number of nitrogens with zero attached hydrogens (tertiary/aromatic N) is 1. The van der Waals surface area contributed by atoms with Crippen LogP contribution in [0.3, 0.4) is 0 Å². The van der Waals surface area contributed by atoms with Gasteiger partial charge in [0.15, 0.2) is 0 Å². The summed E-state index contributed by atoms with van der Waals surface area (Å²) in [5.74, 6) is -1.33. The molecule has 0 fully saturated rings. The average Bonchev–Trinajstić information content (AvgIpc) is 2.61. The smallest absolute Gasteiger partial charge is 0.296 e. The van der Waals surface area contributed by atoms with Gasteiger partial charge >= 0.3 is 0 Å². The van der Waals surface area contributed by atoms with Crippen LogP contribution in [0.4, 0.5) is 5.69 Å². The summed E-state index contributed by atoms with van der Waals surface area (Å²) in [4.78, 5) is 32.5. The number of ketones is 1. The van der Waals surface area contributed by atoms with E-state index in [1.165, 1.54) is 12.3 Å². The first-order valence-electron chi connectivity index (χ1n) is 4.86. The zero-order chi connectivity index (χ0) is 12.4. The Labute approximate surface area is 96.1 Å². The van der Waals surface area contributed by atoms with Crippen molar-refractivity contribution in [2.75, 3.05) is 0 Å². The summed E-state index contributed by atoms with van der Waals surface area (Å²) in [5, 5.41) is 13.0. The van der Waals surface area contributed by atoms with E-state index in [0.29, 0.717) is 5.56 Å². The predicted octanol–water partition coefficient (Wildman–Crippen LogP) is 0.720. The predicted molar refractivity (Wildman–Crippen MR) is 58.0 cm³/mol. The molecule has 0 unspecified atom stereocenters. The molecule has 0 spiro atoms. The molecule has 0 saturated carbocycles. The molecule has 2 rings (SSSR count). The van der Waals surface area contributed by atoms with E-state index in [4.69, 9.17) is 0 Å². The second-order valence-corrected chi connectivity index (χ2v) is 3.53. The summed E-state index contributed by atoms with van der Waals surface area (Å²) in [6.45, 7) is 0. The molecule has 0 atom stereocenters. The molecule has 0 bridgehead atoms. The number of rotatable bonds is 3. The van der Waals surface area contributed by atoms with Crippen LogP contribution in [0.15, 0.2) is 36.0 Å². The zero-order valence-electron chi connectivity index (χ0n) is 8.67. The second-order valence-electron chi connectivity index (χ2n) is 3.53. The minimum absolute atomic E-state index is 0.0550. The molecular weight excluding hydrogens is 224 g/mol. The van der Waals surface area contributed by atoms with Gasteiger partial charge in [0.25, 0.3) is 11.6 Å². The molecule has 1 aromatic rings. The van der Waals surface area contributed by atoms with Crippen molar-refractivity contribution < 1.29 is 14.5 Å². The molecule has 86 valence electrons. The van der Waals surface area contributed by atoms with Crippen LogP contribution in [0.2, 0.25) is 0 Å². The Morgan fingerprint density at radius 3 is 2.53 bits per heavy atom. The van der Waals surface area contributed by atoms with E-state index in [0.717, 1.165) is 0 Å². The Balaban J connectivity index is 2.28. The van der Waals surface area contributed by atoms with Crippen LogP contribution in [-0.2, 0) is 16.0 Å². The van der Waals surface area contributed by atoms with Gasteiger partial charge in [-0.2, -0.15) is 0 Å². The number of para-hydroxylation sites is 1. The molecule has 17 heavy (non-hydrogen) atoms. The molecule has 1 N–H and O–H groups in total. The highest BCUT2D eigenvalue weighted by Crippen LogP contribution is 2.21. The molecule has 1 aliphatic rings. The van der Waals surface area contributed by atoms with Gasteiger partial charge < -0.3 is 5.32 Å². The summed E-state index contributed by atoms with van der Waals surface area (Å²) in [7, 11) is 0. The first-order valence-corrected chi connectivity index (χ1v) is 4.86. The van der Waals surface area contributed by atoms with Crippen LogP contribution < -0.4 is 5.32 Å². The van der Waals surface area contributed by atoms with Gasteiger partial charge in [-0.05, 0) is 0 Å². The lowest BCUT2D eigenvalue weighted by Gasteiger charge is -2.01. The van der Waals surface area contributed by atoms with Gasteiger partial charge in [0.2, 0.25) is 5.78 Å². The summed E-state index contributed by atoms with van der Waals surface area (Å²) in [5.41, 5.74) is 0.596. The Hall–Kier alpha value is -2.50. The highest BCUT2D eigenvalue weighted by Gasteiger charge is 2.26. The van der Waals surface area contributed by atoms with Gasteiger partial charge in [-0.15, -0.1) is 0 Å². The van der Waals surface area contributed by atoms with Crippen molar-refractivity contribution in [3.05, 3.63) is 51.7 Å². The topological polar surface area (TPSA) is 89.3 Å². The van der Waals surface area contributed by atoms with Crippen molar-refractivity contribution in [1.29, 1.82) is 0 Å². The van der Waals surface area contributed by atoms with Crippen molar-refractivity contribution in [3.8, 4) is 0 Å². The fourth-order valence-corrected chi connectivity index (χ4v) is 1.60. The number of hydrogen-bond donors (Lipinski definition) is 1. The molecule has 0 saturated heterocycles. The van der Waals surface area contributed by atoms with Crippen molar-refractivity contribution >= 4 is 17.4 Å². The maximum atomic E-state index is 11.3. The van der Waals surface area contributed by atoms with Gasteiger partial charge in [0.05, 0.1) is 4.92 Å². The van der Waals surface area contributed by atoms with Gasteiger partial charge in [-0.1, -0.05) is 18.2 Å². The normalized spacial score (nSPS) is 14.5. The minimum Gasteiger partial charge on any atom is -0.325 e. The lowest BCUT2D eigenvalue weighted by molar-refractivity contribution is -0.385. The Morgan fingerprint density at radius 1 is 1.24 bits per heavy atom. The highest BCUT2D eigenvalue weighted by atomic mass is 16.6. The van der Waals surface area contributed by atoms with E-state index in [2.05, 4.69) is 5.32 Å². The van der Waals surface area contributed by atoms with Crippen LogP contribution in [0.1, 0.15) is 5.56 Å². The van der Waals surface area contributed by atoms with E-state index in [1.54, 1.807) is 18.2 Å². The molecule has 1 heterocycles. The first kappa shape index (κ1) is 11.0. The fraction of sp³-hybridized carbons (Fsp3) is 0.0909. The number of Topliss-reactive ketones (excluding diaryl/α,β-unsaturated/α-hetero) is 1. The van der Waals surface area contributed by atoms with Gasteiger partial charge in [-0.3, -0.25) is 19.7 Å². The third-order valence-corrected chi connectivity index (χ3v) is 2.44. The number of nitro groups is 1. The van der Waals surface area contributed by atoms with E-state index in [1.807, 2.05) is 0 Å². The Kier molecular flexibility index (Phi) is 2.70. The van der Waals surface area contributed by atoms with Crippen LogP contribution in [-0.4, -0.2) is 16.6 Å². The number of hydrogen-bond acceptors (Lipinski definition) is 4. The van der Waals surface area contributed by atoms with E-state index in [-0.39, 0.29) is 17.7 Å². The van der Waals surface area contributed by atoms with Crippen LogP contribution in [0.5, 0.6) is 0 Å². The third kappa shape index (κ3) is 2.05. The van der Waals surface area contributed by atoms with Crippen molar-refractivity contribution in [1.82, 2.24) is 5.32 Å². The molecular formula is C11H8N2O4. The zero-order valence-corrected chi connectivity index (χ0v) is 8.67. The maximum Gasteiger partial charge on any atom is 0.296 e. The van der Waals surface area contributed by atoms with E-state index in [9.17, 15) is 19.7 Å². The number of carbonyl (C=O) groups is 2. The number of benzene rings is 1. The molecule has 1 aliphatic heterocycles. The van der Waals surface area contributed by atoms with Crippen molar-refractivity contribution in [2.45, 2.75) is 6.42 Å². The maximum absolute atomic E-state index is 11.3. The lowest BCUT2D eigenvalue weighted by Crippen LogP contribution is -2.19. The van der Waals surface area contributed by atoms with Crippen LogP contribution in [0, 0.1) is 10.1 Å². The van der Waals surface area contributed by atoms with Crippen LogP contribution >= 0.6 is 0 Å². The van der Waals surface area contributed by atoms with Gasteiger partial charge in [0, 0.05) is 29.8 Å². The first-order chi connectivity index (χ1) is 8.09. The SMILES string of the molecule is O=C1NC=C(Cc2ccccc2[N+](=O)[O-])C1=O. The number of carbonyl (C=O) groups excluding carboxylic acids is 2. The molecule has 0 radical (unpaired) electrons. The molecule has 0 aliphatic carbocycles. The molecule has 6 heteroatoms. The third-order valence-electron chi connectivity index (χ3n) is 2.44. The molecule has 0 aromatic heterocycles. The number of nitrogens with one attached hydrogen (secondary N) is 1. The van der Waals surface area contributed by atoms with E-state index < -0.39 is 16.6 Å². The van der Waals surface area contributed by atoms with E-state index >= 15 is 0 Å². The average molecular weight is 232 g/mol. The monoisotopic (exact) mass is 232 g/mol. The Bertz CT molecular complexity index is 548. The standard InChI is InChI=1S/C11H8N2O4/c14-10-8(6-12-11(10)15)5-7-3-1-2-4-9(7)13(16)17/h1-4,6H,5H2,(H,12,14,15). The summed E-state index contributed by atoms with van der Waals surface area (Å²) in [6.07, 6.45) is 1.37. The molecule has 6 nitrogen and oxygen atoms in total. The van der Waals surface area contributed by atoms with Gasteiger partial charge in [0.1, 0.15) is 0 Å². The lowest BCUT2D eigenvalue weighted by atomic mass is 10.0. The Morgan fingerprint density at radius 2 is 1.94 bits per heavy atom. The minimum atomic E-state index is -0.696. The molecule has 1 aromatic carbocycles.